The zero-order chi connectivity index (χ0) is 15.2. The highest BCUT2D eigenvalue weighted by Gasteiger charge is 2.20. The van der Waals surface area contributed by atoms with Crippen LogP contribution in [-0.4, -0.2) is 56.1 Å². The van der Waals surface area contributed by atoms with Crippen molar-refractivity contribution in [1.29, 1.82) is 0 Å². The number of nitrogens with zero attached hydrogens (tertiary/aromatic N) is 2. The SMILES string of the molecule is COCCN(C)S(=O)(=O)c1cncc(C=CC(=O)O)c1. The molecule has 0 fully saturated rings. The Kier molecular flexibility index (Phi) is 5.81. The Balaban J connectivity index is 3.01. The maximum Gasteiger partial charge on any atom is 0.328 e. The fourth-order valence-electron chi connectivity index (χ4n) is 1.36. The van der Waals surface area contributed by atoms with Crippen LogP contribution in [-0.2, 0) is 19.6 Å². The second kappa shape index (κ2) is 7.13. The van der Waals surface area contributed by atoms with Crippen LogP contribution < -0.4 is 0 Å². The summed E-state index contributed by atoms with van der Waals surface area (Å²) in [5.74, 6) is -1.12. The van der Waals surface area contributed by atoms with Gasteiger partial charge in [0.25, 0.3) is 0 Å². The molecular formula is C12H16N2O5S. The van der Waals surface area contributed by atoms with E-state index in [-0.39, 0.29) is 18.0 Å². The van der Waals surface area contributed by atoms with E-state index < -0.39 is 16.0 Å². The van der Waals surface area contributed by atoms with Crippen molar-refractivity contribution >= 4 is 22.1 Å². The summed E-state index contributed by atoms with van der Waals surface area (Å²) in [6.07, 6.45) is 4.80. The largest absolute Gasteiger partial charge is 0.478 e. The van der Waals surface area contributed by atoms with E-state index in [0.717, 1.165) is 10.4 Å². The molecule has 0 saturated heterocycles. The average Bonchev–Trinajstić information content (AvgIpc) is 2.42. The number of hydrogen-bond acceptors (Lipinski definition) is 5. The smallest absolute Gasteiger partial charge is 0.328 e. The van der Waals surface area contributed by atoms with Crippen LogP contribution in [0.2, 0.25) is 0 Å². The van der Waals surface area contributed by atoms with Crippen LogP contribution in [0.15, 0.2) is 29.4 Å². The number of pyridine rings is 1. The van der Waals surface area contributed by atoms with Gasteiger partial charge in [-0.15, -0.1) is 0 Å². The molecule has 0 aromatic carbocycles. The van der Waals surface area contributed by atoms with Gasteiger partial charge in [0.1, 0.15) is 4.90 Å². The third-order valence-electron chi connectivity index (χ3n) is 2.47. The molecule has 0 aliphatic heterocycles. The van der Waals surface area contributed by atoms with Gasteiger partial charge in [0.2, 0.25) is 10.0 Å². The minimum Gasteiger partial charge on any atom is -0.478 e. The first-order valence-electron chi connectivity index (χ1n) is 5.69. The molecule has 0 bridgehead atoms. The summed E-state index contributed by atoms with van der Waals surface area (Å²) in [7, 11) is -0.739. The van der Waals surface area contributed by atoms with Gasteiger partial charge in [-0.1, -0.05) is 0 Å². The molecule has 110 valence electrons. The summed E-state index contributed by atoms with van der Waals surface area (Å²) in [4.78, 5) is 14.2. The predicted octanol–water partition coefficient (Wildman–Crippen LogP) is 0.446. The van der Waals surface area contributed by atoms with Crippen molar-refractivity contribution in [3.63, 3.8) is 0 Å². The van der Waals surface area contributed by atoms with Gasteiger partial charge in [0, 0.05) is 39.2 Å². The molecule has 0 radical (unpaired) electrons. The lowest BCUT2D eigenvalue weighted by Crippen LogP contribution is -2.30. The number of aliphatic carboxylic acids is 1. The van der Waals surface area contributed by atoms with Crippen LogP contribution in [0.25, 0.3) is 6.08 Å². The second-order valence-corrected chi connectivity index (χ2v) is 5.99. The fourth-order valence-corrected chi connectivity index (χ4v) is 2.51. The highest BCUT2D eigenvalue weighted by molar-refractivity contribution is 7.89. The highest BCUT2D eigenvalue weighted by atomic mass is 32.2. The number of aromatic nitrogens is 1. The van der Waals surface area contributed by atoms with Gasteiger partial charge in [-0.3, -0.25) is 4.98 Å². The molecule has 1 heterocycles. The maximum atomic E-state index is 12.2. The van der Waals surface area contributed by atoms with Crippen molar-refractivity contribution in [1.82, 2.24) is 9.29 Å². The highest BCUT2D eigenvalue weighted by Crippen LogP contribution is 2.15. The third-order valence-corrected chi connectivity index (χ3v) is 4.29. The van der Waals surface area contributed by atoms with Crippen LogP contribution in [0, 0.1) is 0 Å². The number of carbonyl (C=O) groups is 1. The van der Waals surface area contributed by atoms with E-state index in [0.29, 0.717) is 5.56 Å². The number of methoxy groups -OCH3 is 1. The summed E-state index contributed by atoms with van der Waals surface area (Å²) in [5.41, 5.74) is 0.397. The monoisotopic (exact) mass is 300 g/mol. The topological polar surface area (TPSA) is 96.8 Å². The summed E-state index contributed by atoms with van der Waals surface area (Å²) in [5, 5.41) is 8.54. The molecule has 20 heavy (non-hydrogen) atoms. The summed E-state index contributed by atoms with van der Waals surface area (Å²) in [6.45, 7) is 0.496. The van der Waals surface area contributed by atoms with Crippen molar-refractivity contribution in [2.75, 3.05) is 27.3 Å². The molecule has 1 N–H and O–H groups in total. The van der Waals surface area contributed by atoms with Gasteiger partial charge in [0.05, 0.1) is 6.61 Å². The lowest BCUT2D eigenvalue weighted by molar-refractivity contribution is -0.131. The summed E-state index contributed by atoms with van der Waals surface area (Å²) in [6, 6.07) is 1.37. The number of sulfonamides is 1. The molecule has 0 saturated carbocycles. The Morgan fingerprint density at radius 1 is 1.50 bits per heavy atom. The van der Waals surface area contributed by atoms with Crippen LogP contribution in [0.3, 0.4) is 0 Å². The molecule has 0 unspecified atom stereocenters. The van der Waals surface area contributed by atoms with Crippen molar-refractivity contribution in [3.05, 3.63) is 30.1 Å². The predicted molar refractivity (Wildman–Crippen MR) is 72.6 cm³/mol. The lowest BCUT2D eigenvalue weighted by atomic mass is 10.2. The fraction of sp³-hybridized carbons (Fsp3) is 0.333. The summed E-state index contributed by atoms with van der Waals surface area (Å²) >= 11 is 0. The van der Waals surface area contributed by atoms with Gasteiger partial charge in [0.15, 0.2) is 0 Å². The van der Waals surface area contributed by atoms with E-state index in [2.05, 4.69) is 4.98 Å². The standard InChI is InChI=1S/C12H16N2O5S/c1-14(5-6-19-2)20(17,18)11-7-10(8-13-9-11)3-4-12(15)16/h3-4,7-9H,5-6H2,1-2H3,(H,15,16). The summed E-state index contributed by atoms with van der Waals surface area (Å²) < 4.78 is 30.4. The van der Waals surface area contributed by atoms with Crippen molar-refractivity contribution in [2.45, 2.75) is 4.90 Å². The van der Waals surface area contributed by atoms with Crippen LogP contribution in [0.4, 0.5) is 0 Å². The first-order valence-corrected chi connectivity index (χ1v) is 7.13. The molecule has 1 aromatic rings. The molecule has 0 spiro atoms. The van der Waals surface area contributed by atoms with Crippen molar-refractivity contribution in [3.8, 4) is 0 Å². The Bertz CT molecular complexity index is 598. The van der Waals surface area contributed by atoms with E-state index >= 15 is 0 Å². The Hall–Kier alpha value is -1.77. The van der Waals surface area contributed by atoms with Gasteiger partial charge in [-0.25, -0.2) is 13.2 Å². The first kappa shape index (κ1) is 16.3. The number of hydrogen-bond donors (Lipinski definition) is 1. The Morgan fingerprint density at radius 2 is 2.20 bits per heavy atom. The van der Waals surface area contributed by atoms with E-state index in [1.165, 1.54) is 38.7 Å². The molecule has 7 nitrogen and oxygen atoms in total. The minimum absolute atomic E-state index is 0.00337. The average molecular weight is 300 g/mol. The molecular weight excluding hydrogens is 284 g/mol. The number of carboxylic acids is 1. The van der Waals surface area contributed by atoms with Crippen LogP contribution >= 0.6 is 0 Å². The van der Waals surface area contributed by atoms with Crippen LogP contribution in [0.5, 0.6) is 0 Å². The minimum atomic E-state index is -3.66. The number of rotatable bonds is 7. The van der Waals surface area contributed by atoms with Gasteiger partial charge in [-0.05, 0) is 17.7 Å². The number of carboxylic acid groups (broad SMARTS) is 1. The van der Waals surface area contributed by atoms with Crippen molar-refractivity contribution in [2.24, 2.45) is 0 Å². The zero-order valence-corrected chi connectivity index (χ0v) is 12.0. The number of likely N-dealkylation sites (N-methyl/N-ethyl adjacent to an activating group) is 1. The van der Waals surface area contributed by atoms with Gasteiger partial charge >= 0.3 is 5.97 Å². The molecule has 0 amide bonds. The normalized spacial score (nSPS) is 12.2. The Labute approximate surface area is 117 Å². The zero-order valence-electron chi connectivity index (χ0n) is 11.2. The van der Waals surface area contributed by atoms with E-state index in [4.69, 9.17) is 9.84 Å². The molecule has 1 rings (SSSR count). The second-order valence-electron chi connectivity index (χ2n) is 3.94. The molecule has 0 aliphatic rings. The quantitative estimate of drug-likeness (QED) is 0.734. The number of ether oxygens (including phenoxy) is 1. The Morgan fingerprint density at radius 3 is 2.80 bits per heavy atom. The molecule has 1 aromatic heterocycles. The van der Waals surface area contributed by atoms with Crippen molar-refractivity contribution < 1.29 is 23.1 Å². The molecule has 8 heteroatoms. The third kappa shape index (κ3) is 4.41. The molecule has 0 aliphatic carbocycles. The van der Waals surface area contributed by atoms with Gasteiger partial charge in [-0.2, -0.15) is 4.31 Å². The first-order chi connectivity index (χ1) is 9.37. The maximum absolute atomic E-state index is 12.2. The van der Waals surface area contributed by atoms with Gasteiger partial charge < -0.3 is 9.84 Å². The van der Waals surface area contributed by atoms with E-state index in [1.54, 1.807) is 0 Å². The van der Waals surface area contributed by atoms with Crippen LogP contribution in [0.1, 0.15) is 5.56 Å². The van der Waals surface area contributed by atoms with E-state index in [9.17, 15) is 13.2 Å². The lowest BCUT2D eigenvalue weighted by Gasteiger charge is -2.16. The molecule has 0 atom stereocenters. The van der Waals surface area contributed by atoms with E-state index in [1.807, 2.05) is 0 Å².